The quantitative estimate of drug-likeness (QED) is 0.245. The van der Waals surface area contributed by atoms with Gasteiger partial charge in [-0.1, -0.05) is 47.6 Å². The first-order chi connectivity index (χ1) is 13.9. The summed E-state index contributed by atoms with van der Waals surface area (Å²) in [6.07, 6.45) is 0.211. The zero-order chi connectivity index (χ0) is 24.3. The van der Waals surface area contributed by atoms with Crippen molar-refractivity contribution in [3.8, 4) is 11.5 Å². The molecule has 0 aliphatic heterocycles. The van der Waals surface area contributed by atoms with Crippen molar-refractivity contribution in [3.05, 3.63) is 23.8 Å². The fourth-order valence-electron chi connectivity index (χ4n) is 2.42. The normalized spacial score (nSPS) is 13.9. The van der Waals surface area contributed by atoms with Crippen LogP contribution in [0, 0.1) is 0 Å². The third-order valence-corrected chi connectivity index (χ3v) is 17.1. The standard InChI is InChI=1S/C23H45O5PSi2/c1-13-25-29(24,26-14-2)18-19-15-16-20(27-30(9,10)22(3,4)5)21(17-19)28-31(11,12)23(6,7)8/h15-17H,13-14,18H2,1-12H3. The summed E-state index contributed by atoms with van der Waals surface area (Å²) in [4.78, 5) is 0. The van der Waals surface area contributed by atoms with Gasteiger partial charge in [-0.25, -0.2) is 0 Å². The molecule has 0 saturated carbocycles. The fraction of sp³-hybridized carbons (Fsp3) is 0.739. The van der Waals surface area contributed by atoms with Crippen LogP contribution >= 0.6 is 7.60 Å². The van der Waals surface area contributed by atoms with Gasteiger partial charge in [0.2, 0.25) is 0 Å². The molecular weight excluding hydrogens is 443 g/mol. The highest BCUT2D eigenvalue weighted by molar-refractivity contribution is 7.53. The van der Waals surface area contributed by atoms with Crippen molar-refractivity contribution in [2.75, 3.05) is 13.2 Å². The van der Waals surface area contributed by atoms with Crippen molar-refractivity contribution in [1.82, 2.24) is 0 Å². The van der Waals surface area contributed by atoms with Crippen LogP contribution in [0.5, 0.6) is 11.5 Å². The third kappa shape index (κ3) is 7.74. The lowest BCUT2D eigenvalue weighted by molar-refractivity contribution is 0.219. The minimum Gasteiger partial charge on any atom is -0.541 e. The van der Waals surface area contributed by atoms with Crippen LogP contribution in [0.2, 0.25) is 36.3 Å². The Kier molecular flexibility index (Phi) is 9.29. The van der Waals surface area contributed by atoms with E-state index in [1.54, 1.807) is 0 Å². The van der Waals surface area contributed by atoms with E-state index >= 15 is 0 Å². The molecule has 0 amide bonds. The number of hydrogen-bond acceptors (Lipinski definition) is 5. The predicted octanol–water partition coefficient (Wildman–Crippen LogP) is 8.22. The molecule has 0 spiro atoms. The highest BCUT2D eigenvalue weighted by Gasteiger charge is 2.42. The topological polar surface area (TPSA) is 54.0 Å². The molecule has 0 aliphatic rings. The summed E-state index contributed by atoms with van der Waals surface area (Å²) >= 11 is 0. The number of rotatable bonds is 10. The maximum atomic E-state index is 13.1. The van der Waals surface area contributed by atoms with Crippen molar-refractivity contribution in [3.63, 3.8) is 0 Å². The first-order valence-corrected chi connectivity index (χ1v) is 18.8. The van der Waals surface area contributed by atoms with Crippen molar-refractivity contribution in [2.24, 2.45) is 0 Å². The highest BCUT2D eigenvalue weighted by atomic mass is 31.2. The highest BCUT2D eigenvalue weighted by Crippen LogP contribution is 2.52. The van der Waals surface area contributed by atoms with Gasteiger partial charge in [0.05, 0.1) is 19.4 Å². The molecule has 0 atom stereocenters. The van der Waals surface area contributed by atoms with Gasteiger partial charge in [-0.15, -0.1) is 0 Å². The second-order valence-corrected chi connectivity index (χ2v) is 22.6. The zero-order valence-corrected chi connectivity index (χ0v) is 24.7. The molecule has 0 bridgehead atoms. The summed E-state index contributed by atoms with van der Waals surface area (Å²) in [5.74, 6) is 1.50. The molecule has 8 heteroatoms. The molecule has 0 aromatic heterocycles. The second kappa shape index (κ2) is 10.1. The largest absolute Gasteiger partial charge is 0.541 e. The molecule has 5 nitrogen and oxygen atoms in total. The molecule has 0 N–H and O–H groups in total. The Balaban J connectivity index is 3.44. The lowest BCUT2D eigenvalue weighted by atomic mass is 10.2. The smallest absolute Gasteiger partial charge is 0.335 e. The third-order valence-electron chi connectivity index (χ3n) is 6.38. The van der Waals surface area contributed by atoms with Crippen LogP contribution in [0.25, 0.3) is 0 Å². The summed E-state index contributed by atoms with van der Waals surface area (Å²) < 4.78 is 37.4. The van der Waals surface area contributed by atoms with E-state index in [0.717, 1.165) is 17.1 Å². The van der Waals surface area contributed by atoms with Crippen LogP contribution in [0.3, 0.4) is 0 Å². The number of hydrogen-bond donors (Lipinski definition) is 0. The van der Waals surface area contributed by atoms with Gasteiger partial charge in [-0.05, 0) is 67.8 Å². The Labute approximate surface area is 193 Å². The van der Waals surface area contributed by atoms with E-state index in [9.17, 15) is 4.57 Å². The van der Waals surface area contributed by atoms with Crippen molar-refractivity contribution < 1.29 is 22.5 Å². The predicted molar refractivity (Wildman–Crippen MR) is 137 cm³/mol. The van der Waals surface area contributed by atoms with E-state index in [1.807, 2.05) is 32.0 Å². The van der Waals surface area contributed by atoms with Gasteiger partial charge in [0, 0.05) is 0 Å². The minimum atomic E-state index is -3.20. The molecule has 0 heterocycles. The number of benzene rings is 1. The monoisotopic (exact) mass is 488 g/mol. The van der Waals surface area contributed by atoms with E-state index in [-0.39, 0.29) is 16.2 Å². The van der Waals surface area contributed by atoms with E-state index in [4.69, 9.17) is 17.9 Å². The van der Waals surface area contributed by atoms with Gasteiger partial charge in [-0.3, -0.25) is 4.57 Å². The molecule has 0 unspecified atom stereocenters. The van der Waals surface area contributed by atoms with E-state index in [0.29, 0.717) is 13.2 Å². The Morgan fingerprint density at radius 1 is 0.774 bits per heavy atom. The van der Waals surface area contributed by atoms with Crippen LogP contribution in [-0.4, -0.2) is 29.8 Å². The molecule has 0 saturated heterocycles. The summed E-state index contributed by atoms with van der Waals surface area (Å²) in [6.45, 7) is 26.6. The molecule has 1 aromatic rings. The fourth-order valence-corrected chi connectivity index (χ4v) is 6.14. The summed E-state index contributed by atoms with van der Waals surface area (Å²) in [5.41, 5.74) is 0.863. The lowest BCUT2D eigenvalue weighted by Gasteiger charge is -2.39. The average molecular weight is 489 g/mol. The SMILES string of the molecule is CCOP(=O)(Cc1ccc(O[Si](C)(C)C(C)(C)C)c(O[Si](C)(C)C(C)(C)C)c1)OCC. The lowest BCUT2D eigenvalue weighted by Crippen LogP contribution is -2.45. The summed E-state index contributed by atoms with van der Waals surface area (Å²) in [6, 6.07) is 5.87. The van der Waals surface area contributed by atoms with E-state index in [2.05, 4.69) is 67.7 Å². The molecule has 1 rings (SSSR count). The van der Waals surface area contributed by atoms with E-state index in [1.165, 1.54) is 0 Å². The summed E-state index contributed by atoms with van der Waals surface area (Å²) in [5, 5.41) is 0.114. The zero-order valence-electron chi connectivity index (χ0n) is 21.8. The molecule has 180 valence electrons. The molecule has 0 radical (unpaired) electrons. The van der Waals surface area contributed by atoms with Crippen LogP contribution in [-0.2, 0) is 19.8 Å². The molecule has 0 aliphatic carbocycles. The molecule has 31 heavy (non-hydrogen) atoms. The molecule has 1 aromatic carbocycles. The van der Waals surface area contributed by atoms with Crippen molar-refractivity contribution in [1.29, 1.82) is 0 Å². The van der Waals surface area contributed by atoms with Crippen LogP contribution < -0.4 is 8.85 Å². The van der Waals surface area contributed by atoms with Crippen molar-refractivity contribution >= 4 is 24.2 Å². The van der Waals surface area contributed by atoms with Gasteiger partial charge in [0.25, 0.3) is 16.6 Å². The second-order valence-electron chi connectivity index (χ2n) is 11.1. The van der Waals surface area contributed by atoms with Gasteiger partial charge >= 0.3 is 7.60 Å². The Morgan fingerprint density at radius 3 is 1.58 bits per heavy atom. The molecule has 0 fully saturated rings. The van der Waals surface area contributed by atoms with Crippen LogP contribution in [0.15, 0.2) is 18.2 Å². The van der Waals surface area contributed by atoms with Crippen LogP contribution in [0.1, 0.15) is 61.0 Å². The molecular formula is C23H45O5PSi2. The Hall–Kier alpha value is -0.596. The van der Waals surface area contributed by atoms with E-state index < -0.39 is 24.2 Å². The first kappa shape index (κ1) is 28.4. The van der Waals surface area contributed by atoms with Gasteiger partial charge in [0.15, 0.2) is 0 Å². The maximum absolute atomic E-state index is 13.1. The van der Waals surface area contributed by atoms with Gasteiger partial charge < -0.3 is 17.9 Å². The minimum absolute atomic E-state index is 0.0448. The maximum Gasteiger partial charge on any atom is 0.335 e. The van der Waals surface area contributed by atoms with Gasteiger partial charge in [0.1, 0.15) is 11.5 Å². The van der Waals surface area contributed by atoms with Gasteiger partial charge in [-0.2, -0.15) is 0 Å². The average Bonchev–Trinajstić information content (AvgIpc) is 2.55. The Bertz CT molecular complexity index is 769. The first-order valence-electron chi connectivity index (χ1n) is 11.3. The van der Waals surface area contributed by atoms with Crippen molar-refractivity contribution in [2.45, 2.75) is 97.8 Å². The van der Waals surface area contributed by atoms with Crippen LogP contribution in [0.4, 0.5) is 0 Å². The summed E-state index contributed by atoms with van der Waals surface area (Å²) in [7, 11) is -7.37. The Morgan fingerprint density at radius 2 is 1.19 bits per heavy atom.